The van der Waals surface area contributed by atoms with Crippen LogP contribution in [0.1, 0.15) is 36.2 Å². The first kappa shape index (κ1) is 20.8. The van der Waals surface area contributed by atoms with Gasteiger partial charge in [0.2, 0.25) is 0 Å². The molecule has 144 valence electrons. The standard InChI is InChI=1S/C20H22FNO4S/c1-13(9-15(3)23)12-27(25,26)18-6-4-5-16(11-18)20(24)22-17-7-8-19(21)14(2)10-17/h4-8,10-11,13H,9,12H2,1-3H3,(H,22,24). The highest BCUT2D eigenvalue weighted by Gasteiger charge is 2.21. The Morgan fingerprint density at radius 3 is 2.48 bits per heavy atom. The van der Waals surface area contributed by atoms with Crippen LogP contribution in [-0.4, -0.2) is 25.9 Å². The molecular weight excluding hydrogens is 369 g/mol. The van der Waals surface area contributed by atoms with Crippen molar-refractivity contribution >= 4 is 27.2 Å². The van der Waals surface area contributed by atoms with Crippen LogP contribution in [-0.2, 0) is 14.6 Å². The van der Waals surface area contributed by atoms with E-state index in [1.807, 2.05) is 0 Å². The molecule has 1 atom stereocenters. The molecule has 2 aromatic rings. The fourth-order valence-electron chi connectivity index (χ4n) is 2.78. The number of amides is 1. The summed E-state index contributed by atoms with van der Waals surface area (Å²) in [5, 5.41) is 2.63. The van der Waals surface area contributed by atoms with Crippen LogP contribution in [0.5, 0.6) is 0 Å². The lowest BCUT2D eigenvalue weighted by Crippen LogP contribution is -2.17. The predicted molar refractivity (Wildman–Crippen MR) is 102 cm³/mol. The molecule has 0 aliphatic carbocycles. The largest absolute Gasteiger partial charge is 0.322 e. The highest BCUT2D eigenvalue weighted by molar-refractivity contribution is 7.91. The topological polar surface area (TPSA) is 80.3 Å². The number of aryl methyl sites for hydroxylation is 1. The van der Waals surface area contributed by atoms with Gasteiger partial charge in [-0.25, -0.2) is 12.8 Å². The molecule has 1 unspecified atom stereocenters. The normalized spacial score (nSPS) is 12.4. The van der Waals surface area contributed by atoms with E-state index in [1.165, 1.54) is 49.4 Å². The van der Waals surface area contributed by atoms with Crippen LogP contribution in [0.4, 0.5) is 10.1 Å². The maximum absolute atomic E-state index is 13.3. The first-order chi connectivity index (χ1) is 12.6. The van der Waals surface area contributed by atoms with Gasteiger partial charge < -0.3 is 10.1 Å². The minimum Gasteiger partial charge on any atom is -0.322 e. The van der Waals surface area contributed by atoms with Gasteiger partial charge in [-0.15, -0.1) is 0 Å². The first-order valence-electron chi connectivity index (χ1n) is 8.48. The highest BCUT2D eigenvalue weighted by atomic mass is 32.2. The maximum atomic E-state index is 13.3. The van der Waals surface area contributed by atoms with Gasteiger partial charge in [-0.3, -0.25) is 4.79 Å². The van der Waals surface area contributed by atoms with Gasteiger partial charge >= 0.3 is 0 Å². The predicted octanol–water partition coefficient (Wildman–Crippen LogP) is 3.78. The number of hydrogen-bond acceptors (Lipinski definition) is 4. The zero-order chi connectivity index (χ0) is 20.2. The van der Waals surface area contributed by atoms with Crippen LogP contribution < -0.4 is 5.32 Å². The summed E-state index contributed by atoms with van der Waals surface area (Å²) in [4.78, 5) is 23.6. The molecule has 0 aromatic heterocycles. The lowest BCUT2D eigenvalue weighted by Gasteiger charge is -2.12. The summed E-state index contributed by atoms with van der Waals surface area (Å²) in [6.07, 6.45) is 0.184. The Hall–Kier alpha value is -2.54. The van der Waals surface area contributed by atoms with Crippen molar-refractivity contribution in [2.45, 2.75) is 32.1 Å². The molecule has 5 nitrogen and oxygen atoms in total. The molecule has 0 saturated carbocycles. The minimum atomic E-state index is -3.63. The van der Waals surface area contributed by atoms with Crippen LogP contribution in [0, 0.1) is 18.7 Å². The number of rotatable bonds is 7. The van der Waals surface area contributed by atoms with E-state index in [0.717, 1.165) is 0 Å². The number of carbonyl (C=O) groups is 2. The molecule has 0 aliphatic heterocycles. The van der Waals surface area contributed by atoms with Crippen molar-refractivity contribution in [1.29, 1.82) is 0 Å². The third-order valence-corrected chi connectivity index (χ3v) is 5.99. The number of sulfone groups is 1. The van der Waals surface area contributed by atoms with Gasteiger partial charge in [0.05, 0.1) is 10.6 Å². The summed E-state index contributed by atoms with van der Waals surface area (Å²) in [6, 6.07) is 9.91. The molecule has 0 fully saturated rings. The third kappa shape index (κ3) is 5.72. The molecule has 0 radical (unpaired) electrons. The van der Waals surface area contributed by atoms with Gasteiger partial charge in [0, 0.05) is 17.7 Å². The number of carbonyl (C=O) groups excluding carboxylic acids is 2. The van der Waals surface area contributed by atoms with Crippen LogP contribution in [0.15, 0.2) is 47.4 Å². The number of halogens is 1. The van der Waals surface area contributed by atoms with Crippen molar-refractivity contribution in [2.75, 3.05) is 11.1 Å². The van der Waals surface area contributed by atoms with E-state index >= 15 is 0 Å². The Labute approximate surface area is 158 Å². The molecule has 1 amide bonds. The molecule has 27 heavy (non-hydrogen) atoms. The molecule has 0 aliphatic rings. The number of Topliss-reactive ketones (excluding diaryl/α,β-unsaturated/α-hetero) is 1. The van der Waals surface area contributed by atoms with Gasteiger partial charge in [-0.2, -0.15) is 0 Å². The van der Waals surface area contributed by atoms with E-state index in [1.54, 1.807) is 13.8 Å². The highest BCUT2D eigenvalue weighted by Crippen LogP contribution is 2.19. The van der Waals surface area contributed by atoms with E-state index in [-0.39, 0.29) is 40.2 Å². The van der Waals surface area contributed by atoms with Crippen LogP contribution >= 0.6 is 0 Å². The maximum Gasteiger partial charge on any atom is 0.255 e. The summed E-state index contributed by atoms with van der Waals surface area (Å²) in [5.74, 6) is -1.42. The second kappa shape index (κ2) is 8.43. The van der Waals surface area contributed by atoms with E-state index < -0.39 is 15.7 Å². The zero-order valence-corrected chi connectivity index (χ0v) is 16.3. The molecule has 1 N–H and O–H groups in total. The van der Waals surface area contributed by atoms with Crippen molar-refractivity contribution in [3.63, 3.8) is 0 Å². The van der Waals surface area contributed by atoms with Gasteiger partial charge in [-0.1, -0.05) is 13.0 Å². The van der Waals surface area contributed by atoms with Gasteiger partial charge in [0.1, 0.15) is 11.6 Å². The van der Waals surface area contributed by atoms with Crippen LogP contribution in [0.3, 0.4) is 0 Å². The Morgan fingerprint density at radius 1 is 1.15 bits per heavy atom. The molecule has 0 bridgehead atoms. The average molecular weight is 391 g/mol. The number of ketones is 1. The number of benzene rings is 2. The monoisotopic (exact) mass is 391 g/mol. The van der Waals surface area contributed by atoms with Gasteiger partial charge in [-0.05, 0) is 61.7 Å². The average Bonchev–Trinajstić information content (AvgIpc) is 2.57. The Morgan fingerprint density at radius 2 is 1.85 bits per heavy atom. The summed E-state index contributed by atoms with van der Waals surface area (Å²) in [6.45, 7) is 4.71. The van der Waals surface area contributed by atoms with E-state index in [0.29, 0.717) is 11.3 Å². The quantitative estimate of drug-likeness (QED) is 0.779. The Balaban J connectivity index is 2.19. The second-order valence-electron chi connectivity index (χ2n) is 6.74. The van der Waals surface area contributed by atoms with E-state index in [2.05, 4.69) is 5.32 Å². The molecule has 2 rings (SSSR count). The van der Waals surface area contributed by atoms with Crippen LogP contribution in [0.2, 0.25) is 0 Å². The molecule has 0 saturated heterocycles. The van der Waals surface area contributed by atoms with Crippen molar-refractivity contribution in [3.8, 4) is 0 Å². The summed E-state index contributed by atoms with van der Waals surface area (Å²) in [5.41, 5.74) is 0.989. The van der Waals surface area contributed by atoms with Crippen molar-refractivity contribution in [2.24, 2.45) is 5.92 Å². The fourth-order valence-corrected chi connectivity index (χ4v) is 4.43. The SMILES string of the molecule is CC(=O)CC(C)CS(=O)(=O)c1cccc(C(=O)Nc2ccc(F)c(C)c2)c1. The number of anilines is 1. The molecule has 7 heteroatoms. The summed E-state index contributed by atoms with van der Waals surface area (Å²) < 4.78 is 38.4. The number of hydrogen-bond donors (Lipinski definition) is 1. The fraction of sp³-hybridized carbons (Fsp3) is 0.300. The van der Waals surface area contributed by atoms with Gasteiger partial charge in [0.15, 0.2) is 9.84 Å². The molecular formula is C20H22FNO4S. The zero-order valence-electron chi connectivity index (χ0n) is 15.5. The number of nitrogens with one attached hydrogen (secondary N) is 1. The van der Waals surface area contributed by atoms with E-state index in [9.17, 15) is 22.4 Å². The molecule has 2 aromatic carbocycles. The minimum absolute atomic E-state index is 0.0286. The second-order valence-corrected chi connectivity index (χ2v) is 8.77. The van der Waals surface area contributed by atoms with Crippen molar-refractivity contribution in [3.05, 3.63) is 59.4 Å². The Kier molecular flexibility index (Phi) is 6.49. The van der Waals surface area contributed by atoms with Crippen molar-refractivity contribution < 1.29 is 22.4 Å². The third-order valence-electron chi connectivity index (χ3n) is 4.01. The summed E-state index contributed by atoms with van der Waals surface area (Å²) >= 11 is 0. The van der Waals surface area contributed by atoms with E-state index in [4.69, 9.17) is 0 Å². The molecule has 0 heterocycles. The molecule has 0 spiro atoms. The first-order valence-corrected chi connectivity index (χ1v) is 10.1. The Bertz CT molecular complexity index is 970. The van der Waals surface area contributed by atoms with Crippen LogP contribution in [0.25, 0.3) is 0 Å². The summed E-state index contributed by atoms with van der Waals surface area (Å²) in [7, 11) is -3.63. The van der Waals surface area contributed by atoms with Crippen molar-refractivity contribution in [1.82, 2.24) is 0 Å². The lowest BCUT2D eigenvalue weighted by molar-refractivity contribution is -0.117. The lowest BCUT2D eigenvalue weighted by atomic mass is 10.1. The van der Waals surface area contributed by atoms with Gasteiger partial charge in [0.25, 0.3) is 5.91 Å². The smallest absolute Gasteiger partial charge is 0.255 e.